The lowest BCUT2D eigenvalue weighted by atomic mass is 9.98. The van der Waals surface area contributed by atoms with Gasteiger partial charge in [-0.05, 0) is 31.5 Å². The number of nitrogens with one attached hydrogen (secondary N) is 1. The van der Waals surface area contributed by atoms with Crippen LogP contribution in [0.1, 0.15) is 30.6 Å². The second-order valence-electron chi connectivity index (χ2n) is 4.13. The number of carbonyl (C=O) groups is 1. The first-order chi connectivity index (χ1) is 8.30. The van der Waals surface area contributed by atoms with E-state index in [0.29, 0.717) is 6.42 Å². The van der Waals surface area contributed by atoms with Gasteiger partial charge in [-0.2, -0.15) is 0 Å². The first-order valence-corrected chi connectivity index (χ1v) is 5.78. The average Bonchev–Trinajstić information content (AvgIpc) is 2.31. The van der Waals surface area contributed by atoms with Crippen LogP contribution in [0.4, 0.5) is 8.78 Å². The van der Waals surface area contributed by atoms with E-state index in [1.54, 1.807) is 13.8 Å². The molecule has 1 aromatic carbocycles. The van der Waals surface area contributed by atoms with Gasteiger partial charge in [-0.3, -0.25) is 4.79 Å². The lowest BCUT2D eigenvalue weighted by Gasteiger charge is -2.28. The average molecular weight is 272 g/mol. The molecule has 0 saturated carbocycles. The van der Waals surface area contributed by atoms with Gasteiger partial charge in [0, 0.05) is 0 Å². The molecule has 6 heteroatoms. The van der Waals surface area contributed by atoms with Gasteiger partial charge in [-0.15, -0.1) is 0 Å². The van der Waals surface area contributed by atoms with Crippen molar-refractivity contribution in [3.05, 3.63) is 35.4 Å². The van der Waals surface area contributed by atoms with Crippen molar-refractivity contribution in [2.45, 2.75) is 25.8 Å². The zero-order valence-electron chi connectivity index (χ0n) is 10.1. The molecule has 1 aromatic rings. The van der Waals surface area contributed by atoms with Gasteiger partial charge in [-0.25, -0.2) is 8.78 Å². The molecule has 1 rings (SSSR count). The van der Waals surface area contributed by atoms with Crippen LogP contribution in [-0.2, 0) is 0 Å². The number of carbonyl (C=O) groups excluding carboxylic acids is 1. The highest BCUT2D eigenvalue weighted by Gasteiger charge is 2.29. The third-order valence-electron chi connectivity index (χ3n) is 2.81. The number of benzene rings is 1. The van der Waals surface area contributed by atoms with Crippen molar-refractivity contribution >= 4 is 23.1 Å². The second-order valence-corrected chi connectivity index (χ2v) is 4.57. The summed E-state index contributed by atoms with van der Waals surface area (Å²) < 4.78 is 26.4. The summed E-state index contributed by atoms with van der Waals surface area (Å²) in [5, 5.41) is 2.52. The highest BCUT2D eigenvalue weighted by atomic mass is 32.1. The van der Waals surface area contributed by atoms with Gasteiger partial charge < -0.3 is 11.1 Å². The molecule has 98 valence electrons. The largest absolute Gasteiger partial charge is 0.391 e. The number of nitrogens with two attached hydrogens (primary N) is 1. The smallest absolute Gasteiger partial charge is 0.255 e. The number of thiocarbonyl (C=S) groups is 1. The number of amides is 1. The van der Waals surface area contributed by atoms with Crippen LogP contribution in [0.15, 0.2) is 18.2 Å². The summed E-state index contributed by atoms with van der Waals surface area (Å²) in [6.45, 7) is 3.41. The fraction of sp³-hybridized carbons (Fsp3) is 0.333. The molecule has 1 unspecified atom stereocenters. The minimum atomic E-state index is -0.925. The maximum atomic E-state index is 13.4. The fourth-order valence-corrected chi connectivity index (χ4v) is 1.51. The lowest BCUT2D eigenvalue weighted by Crippen LogP contribution is -2.54. The van der Waals surface area contributed by atoms with E-state index in [1.165, 1.54) is 0 Å². The summed E-state index contributed by atoms with van der Waals surface area (Å²) >= 11 is 4.85. The van der Waals surface area contributed by atoms with Crippen LogP contribution in [0.3, 0.4) is 0 Å². The summed E-state index contributed by atoms with van der Waals surface area (Å²) in [5.41, 5.74) is 4.23. The monoisotopic (exact) mass is 272 g/mol. The van der Waals surface area contributed by atoms with E-state index in [0.717, 1.165) is 18.2 Å². The van der Waals surface area contributed by atoms with Gasteiger partial charge in [0.05, 0.1) is 16.1 Å². The van der Waals surface area contributed by atoms with Crippen LogP contribution in [0.25, 0.3) is 0 Å². The molecule has 0 aromatic heterocycles. The first kappa shape index (κ1) is 14.5. The zero-order valence-corrected chi connectivity index (χ0v) is 10.9. The van der Waals surface area contributed by atoms with E-state index in [1.807, 2.05) is 0 Å². The Bertz CT molecular complexity index is 493. The van der Waals surface area contributed by atoms with Gasteiger partial charge in [0.25, 0.3) is 5.91 Å². The van der Waals surface area contributed by atoms with Crippen molar-refractivity contribution in [1.82, 2.24) is 5.32 Å². The molecule has 0 aliphatic carbocycles. The Hall–Kier alpha value is -1.56. The van der Waals surface area contributed by atoms with Crippen LogP contribution in [0.5, 0.6) is 0 Å². The van der Waals surface area contributed by atoms with Crippen molar-refractivity contribution in [2.75, 3.05) is 0 Å². The Balaban J connectivity index is 3.02. The van der Waals surface area contributed by atoms with Crippen molar-refractivity contribution in [3.8, 4) is 0 Å². The molecule has 1 amide bonds. The van der Waals surface area contributed by atoms with E-state index in [2.05, 4.69) is 5.32 Å². The molecule has 3 N–H and O–H groups in total. The molecule has 0 spiro atoms. The van der Waals surface area contributed by atoms with Crippen LogP contribution in [0.2, 0.25) is 0 Å². The molecular formula is C12H14F2N2OS. The molecule has 3 nitrogen and oxygen atoms in total. The van der Waals surface area contributed by atoms with Crippen molar-refractivity contribution in [1.29, 1.82) is 0 Å². The van der Waals surface area contributed by atoms with E-state index < -0.39 is 23.1 Å². The Kier molecular flexibility index (Phi) is 4.34. The predicted octanol–water partition coefficient (Wildman–Crippen LogP) is 2.15. The van der Waals surface area contributed by atoms with E-state index in [-0.39, 0.29) is 10.6 Å². The van der Waals surface area contributed by atoms with E-state index >= 15 is 0 Å². The molecule has 0 radical (unpaired) electrons. The van der Waals surface area contributed by atoms with E-state index in [4.69, 9.17) is 18.0 Å². The molecule has 0 fully saturated rings. The number of hydrogen-bond acceptors (Lipinski definition) is 2. The predicted molar refractivity (Wildman–Crippen MR) is 69.3 cm³/mol. The molecule has 1 atom stereocenters. The minimum Gasteiger partial charge on any atom is -0.391 e. The Morgan fingerprint density at radius 1 is 1.50 bits per heavy atom. The van der Waals surface area contributed by atoms with Crippen LogP contribution < -0.4 is 11.1 Å². The molecule has 0 heterocycles. The third kappa shape index (κ3) is 3.01. The molecular weight excluding hydrogens is 258 g/mol. The van der Waals surface area contributed by atoms with Crippen LogP contribution in [0, 0.1) is 11.6 Å². The third-order valence-corrected chi connectivity index (χ3v) is 3.26. The van der Waals surface area contributed by atoms with Crippen molar-refractivity contribution in [3.63, 3.8) is 0 Å². The summed E-state index contributed by atoms with van der Waals surface area (Å²) in [6.07, 6.45) is 0.449. The minimum absolute atomic E-state index is 0.0927. The Morgan fingerprint density at radius 3 is 2.61 bits per heavy atom. The maximum Gasteiger partial charge on any atom is 0.255 e. The number of rotatable bonds is 4. The zero-order chi connectivity index (χ0) is 13.9. The lowest BCUT2D eigenvalue weighted by molar-refractivity contribution is 0.0922. The fourth-order valence-electron chi connectivity index (χ4n) is 1.31. The van der Waals surface area contributed by atoms with E-state index in [9.17, 15) is 13.6 Å². The molecule has 0 saturated heterocycles. The second kappa shape index (κ2) is 5.39. The summed E-state index contributed by atoms with van der Waals surface area (Å²) in [6, 6.07) is 2.67. The van der Waals surface area contributed by atoms with Gasteiger partial charge in [0.15, 0.2) is 0 Å². The van der Waals surface area contributed by atoms with Crippen LogP contribution >= 0.6 is 12.2 Å². The molecule has 0 aliphatic rings. The standard InChI is InChI=1S/C12H14F2N2OS/c1-3-12(2,11(15)18)16-10(17)8-6-7(13)4-5-9(8)14/h4-6H,3H2,1-2H3,(H2,15,18)(H,16,17). The highest BCUT2D eigenvalue weighted by Crippen LogP contribution is 2.14. The molecule has 0 aliphatic heterocycles. The molecule has 0 bridgehead atoms. The number of hydrogen-bond donors (Lipinski definition) is 2. The van der Waals surface area contributed by atoms with Gasteiger partial charge >= 0.3 is 0 Å². The number of halogens is 2. The van der Waals surface area contributed by atoms with Crippen molar-refractivity contribution < 1.29 is 13.6 Å². The quantitative estimate of drug-likeness (QED) is 0.826. The summed E-state index contributed by atoms with van der Waals surface area (Å²) in [5.74, 6) is -2.23. The Labute approximate surface area is 109 Å². The van der Waals surface area contributed by atoms with Gasteiger partial charge in [0.2, 0.25) is 0 Å². The SMILES string of the molecule is CCC(C)(NC(=O)c1cc(F)ccc1F)C(N)=S. The van der Waals surface area contributed by atoms with Crippen LogP contribution in [-0.4, -0.2) is 16.4 Å². The first-order valence-electron chi connectivity index (χ1n) is 5.37. The normalized spacial score (nSPS) is 13.8. The topological polar surface area (TPSA) is 55.1 Å². The molecule has 18 heavy (non-hydrogen) atoms. The summed E-state index contributed by atoms with van der Waals surface area (Å²) in [7, 11) is 0. The van der Waals surface area contributed by atoms with Crippen molar-refractivity contribution in [2.24, 2.45) is 5.73 Å². The Morgan fingerprint density at radius 2 is 2.11 bits per heavy atom. The van der Waals surface area contributed by atoms with Gasteiger partial charge in [-0.1, -0.05) is 19.1 Å². The maximum absolute atomic E-state index is 13.4. The summed E-state index contributed by atoms with van der Waals surface area (Å²) in [4.78, 5) is 12.0. The van der Waals surface area contributed by atoms with Gasteiger partial charge in [0.1, 0.15) is 11.6 Å². The highest BCUT2D eigenvalue weighted by molar-refractivity contribution is 7.80.